The summed E-state index contributed by atoms with van der Waals surface area (Å²) < 4.78 is 4.98. The van der Waals surface area contributed by atoms with Crippen molar-refractivity contribution in [2.75, 3.05) is 12.8 Å². The minimum atomic E-state index is -0.920. The first-order valence-electron chi connectivity index (χ1n) is 3.78. The van der Waals surface area contributed by atoms with E-state index in [1.165, 1.54) is 7.11 Å². The Hall–Kier alpha value is -1.71. The van der Waals surface area contributed by atoms with Crippen LogP contribution in [-0.2, 0) is 11.2 Å². The van der Waals surface area contributed by atoms with Crippen LogP contribution in [0.25, 0.3) is 0 Å². The van der Waals surface area contributed by atoms with Crippen molar-refractivity contribution in [1.29, 1.82) is 0 Å². The van der Waals surface area contributed by atoms with E-state index in [4.69, 9.17) is 15.6 Å². The largest absolute Gasteiger partial charge is 0.496 e. The lowest BCUT2D eigenvalue weighted by molar-refractivity contribution is -0.136. The van der Waals surface area contributed by atoms with Crippen LogP contribution in [0, 0.1) is 0 Å². The maximum absolute atomic E-state index is 10.5. The molecule has 1 aromatic carbocycles. The molecule has 13 heavy (non-hydrogen) atoms. The summed E-state index contributed by atoms with van der Waals surface area (Å²) in [5.74, 6) is -0.404. The van der Waals surface area contributed by atoms with E-state index in [9.17, 15) is 4.79 Å². The highest BCUT2D eigenvalue weighted by Crippen LogP contribution is 2.24. The van der Waals surface area contributed by atoms with E-state index in [1.54, 1.807) is 18.2 Å². The van der Waals surface area contributed by atoms with E-state index in [0.29, 0.717) is 17.0 Å². The Balaban J connectivity index is 3.07. The van der Waals surface area contributed by atoms with Crippen molar-refractivity contribution in [3.05, 3.63) is 23.8 Å². The minimum Gasteiger partial charge on any atom is -0.496 e. The van der Waals surface area contributed by atoms with Crippen LogP contribution in [0.2, 0.25) is 0 Å². The number of methoxy groups -OCH3 is 1. The summed E-state index contributed by atoms with van der Waals surface area (Å²) in [5, 5.41) is 8.60. The van der Waals surface area contributed by atoms with Crippen molar-refractivity contribution in [3.8, 4) is 5.75 Å². The fraction of sp³-hybridized carbons (Fsp3) is 0.222. The second-order valence-electron chi connectivity index (χ2n) is 2.60. The van der Waals surface area contributed by atoms with Crippen molar-refractivity contribution in [2.45, 2.75) is 6.42 Å². The number of rotatable bonds is 3. The van der Waals surface area contributed by atoms with Gasteiger partial charge in [-0.3, -0.25) is 4.79 Å². The summed E-state index contributed by atoms with van der Waals surface area (Å²) in [6.45, 7) is 0. The van der Waals surface area contributed by atoms with Gasteiger partial charge in [-0.15, -0.1) is 0 Å². The maximum atomic E-state index is 10.5. The van der Waals surface area contributed by atoms with Gasteiger partial charge in [0.25, 0.3) is 0 Å². The molecule has 0 aromatic heterocycles. The van der Waals surface area contributed by atoms with Gasteiger partial charge < -0.3 is 15.6 Å². The van der Waals surface area contributed by atoms with Gasteiger partial charge in [0.1, 0.15) is 5.75 Å². The SMILES string of the molecule is COc1cccc(N)c1CC(=O)O. The van der Waals surface area contributed by atoms with Crippen molar-refractivity contribution in [2.24, 2.45) is 0 Å². The van der Waals surface area contributed by atoms with E-state index in [-0.39, 0.29) is 6.42 Å². The van der Waals surface area contributed by atoms with Gasteiger partial charge in [-0.25, -0.2) is 0 Å². The zero-order valence-electron chi connectivity index (χ0n) is 7.28. The molecule has 1 rings (SSSR count). The van der Waals surface area contributed by atoms with Crippen molar-refractivity contribution < 1.29 is 14.6 Å². The first-order chi connectivity index (χ1) is 6.15. The predicted octanol–water partition coefficient (Wildman–Crippen LogP) is 0.905. The Morgan fingerprint density at radius 1 is 1.62 bits per heavy atom. The molecule has 70 valence electrons. The van der Waals surface area contributed by atoms with E-state index >= 15 is 0 Å². The molecule has 0 aliphatic heterocycles. The second kappa shape index (κ2) is 3.80. The number of hydrogen-bond donors (Lipinski definition) is 2. The molecule has 4 nitrogen and oxygen atoms in total. The lowest BCUT2D eigenvalue weighted by atomic mass is 10.1. The van der Waals surface area contributed by atoms with Gasteiger partial charge in [0.2, 0.25) is 0 Å². The number of ether oxygens (including phenoxy) is 1. The van der Waals surface area contributed by atoms with Crippen LogP contribution in [0.5, 0.6) is 5.75 Å². The molecule has 0 heterocycles. The zero-order valence-corrected chi connectivity index (χ0v) is 7.28. The summed E-state index contributed by atoms with van der Waals surface area (Å²) in [7, 11) is 1.49. The molecule has 0 aliphatic carbocycles. The number of carboxylic acid groups (broad SMARTS) is 1. The van der Waals surface area contributed by atoms with E-state index in [1.807, 2.05) is 0 Å². The smallest absolute Gasteiger partial charge is 0.308 e. The van der Waals surface area contributed by atoms with Crippen molar-refractivity contribution >= 4 is 11.7 Å². The molecular weight excluding hydrogens is 170 g/mol. The first kappa shape index (κ1) is 9.38. The van der Waals surface area contributed by atoms with E-state index < -0.39 is 5.97 Å². The zero-order chi connectivity index (χ0) is 9.84. The molecule has 0 bridgehead atoms. The van der Waals surface area contributed by atoms with Gasteiger partial charge in [0, 0.05) is 11.3 Å². The molecule has 0 saturated carbocycles. The third kappa shape index (κ3) is 2.11. The molecule has 0 spiro atoms. The predicted molar refractivity (Wildman–Crippen MR) is 48.7 cm³/mol. The average Bonchev–Trinajstić information content (AvgIpc) is 2.08. The summed E-state index contributed by atoms with van der Waals surface area (Å²) in [6, 6.07) is 5.06. The Kier molecular flexibility index (Phi) is 2.74. The van der Waals surface area contributed by atoms with Gasteiger partial charge >= 0.3 is 5.97 Å². The fourth-order valence-corrected chi connectivity index (χ4v) is 1.11. The minimum absolute atomic E-state index is 0.115. The number of carbonyl (C=O) groups is 1. The van der Waals surface area contributed by atoms with Gasteiger partial charge in [-0.05, 0) is 12.1 Å². The Labute approximate surface area is 75.9 Å². The normalized spacial score (nSPS) is 9.62. The number of benzene rings is 1. The van der Waals surface area contributed by atoms with Crippen LogP contribution in [0.3, 0.4) is 0 Å². The number of carboxylic acids is 1. The third-order valence-corrected chi connectivity index (χ3v) is 1.72. The molecule has 0 amide bonds. The van der Waals surface area contributed by atoms with Crippen molar-refractivity contribution in [1.82, 2.24) is 0 Å². The van der Waals surface area contributed by atoms with Crippen molar-refractivity contribution in [3.63, 3.8) is 0 Å². The Bertz CT molecular complexity index is 323. The lowest BCUT2D eigenvalue weighted by Gasteiger charge is -2.08. The van der Waals surface area contributed by atoms with Crippen LogP contribution in [-0.4, -0.2) is 18.2 Å². The molecular formula is C9H11NO3. The van der Waals surface area contributed by atoms with E-state index in [0.717, 1.165) is 0 Å². The number of anilines is 1. The third-order valence-electron chi connectivity index (χ3n) is 1.72. The molecule has 0 fully saturated rings. The van der Waals surface area contributed by atoms with Gasteiger partial charge in [-0.1, -0.05) is 6.07 Å². The molecule has 4 heteroatoms. The molecule has 0 saturated heterocycles. The number of hydrogen-bond acceptors (Lipinski definition) is 3. The number of nitrogens with two attached hydrogens (primary N) is 1. The van der Waals surface area contributed by atoms with Crippen LogP contribution in [0.15, 0.2) is 18.2 Å². The second-order valence-corrected chi connectivity index (χ2v) is 2.60. The molecule has 0 aliphatic rings. The monoisotopic (exact) mass is 181 g/mol. The topological polar surface area (TPSA) is 72.5 Å². The molecule has 0 unspecified atom stereocenters. The highest BCUT2D eigenvalue weighted by molar-refractivity contribution is 5.74. The maximum Gasteiger partial charge on any atom is 0.308 e. The standard InChI is InChI=1S/C9H11NO3/c1-13-8-4-2-3-7(10)6(8)5-9(11)12/h2-4H,5,10H2,1H3,(H,11,12). The average molecular weight is 181 g/mol. The highest BCUT2D eigenvalue weighted by atomic mass is 16.5. The first-order valence-corrected chi connectivity index (χ1v) is 3.78. The molecule has 3 N–H and O–H groups in total. The molecule has 0 atom stereocenters. The molecule has 0 radical (unpaired) electrons. The molecule has 1 aromatic rings. The quantitative estimate of drug-likeness (QED) is 0.679. The van der Waals surface area contributed by atoms with Crippen LogP contribution in [0.4, 0.5) is 5.69 Å². The Morgan fingerprint density at radius 3 is 2.85 bits per heavy atom. The van der Waals surface area contributed by atoms with Gasteiger partial charge in [-0.2, -0.15) is 0 Å². The van der Waals surface area contributed by atoms with Crippen LogP contribution < -0.4 is 10.5 Å². The lowest BCUT2D eigenvalue weighted by Crippen LogP contribution is -2.05. The fourth-order valence-electron chi connectivity index (χ4n) is 1.11. The number of nitrogen functional groups attached to an aromatic ring is 1. The summed E-state index contributed by atoms with van der Waals surface area (Å²) in [5.41, 5.74) is 6.57. The Morgan fingerprint density at radius 2 is 2.31 bits per heavy atom. The highest BCUT2D eigenvalue weighted by Gasteiger charge is 2.09. The van der Waals surface area contributed by atoms with Gasteiger partial charge in [0.05, 0.1) is 13.5 Å². The summed E-state index contributed by atoms with van der Waals surface area (Å²) in [6.07, 6.45) is -0.115. The van der Waals surface area contributed by atoms with Gasteiger partial charge in [0.15, 0.2) is 0 Å². The number of aliphatic carboxylic acids is 1. The summed E-state index contributed by atoms with van der Waals surface area (Å²) in [4.78, 5) is 10.5. The van der Waals surface area contributed by atoms with Crippen LogP contribution >= 0.6 is 0 Å². The van der Waals surface area contributed by atoms with E-state index in [2.05, 4.69) is 0 Å². The van der Waals surface area contributed by atoms with Crippen LogP contribution in [0.1, 0.15) is 5.56 Å². The summed E-state index contributed by atoms with van der Waals surface area (Å²) >= 11 is 0.